The quantitative estimate of drug-likeness (QED) is 0.692. The molecule has 1 rings (SSSR count). The lowest BCUT2D eigenvalue weighted by Gasteiger charge is -2.04. The Labute approximate surface area is 78.3 Å². The Morgan fingerprint density at radius 3 is 2.77 bits per heavy atom. The van der Waals surface area contributed by atoms with Crippen LogP contribution in [-0.4, -0.2) is 6.61 Å². The highest BCUT2D eigenvalue weighted by atomic mass is 35.5. The Bertz CT molecular complexity index is 362. The number of hydrogen-bond acceptors (Lipinski definition) is 2. The molecule has 13 heavy (non-hydrogen) atoms. The van der Waals surface area contributed by atoms with E-state index in [1.807, 2.05) is 0 Å². The Morgan fingerprint density at radius 2 is 2.15 bits per heavy atom. The molecule has 0 spiro atoms. The van der Waals surface area contributed by atoms with E-state index in [0.717, 1.165) is 6.07 Å². The predicted molar refractivity (Wildman–Crippen MR) is 42.5 cm³/mol. The maximum Gasteiger partial charge on any atom is 0.174 e. The molecule has 0 unspecified atom stereocenters. The van der Waals surface area contributed by atoms with E-state index in [4.69, 9.17) is 16.9 Å². The summed E-state index contributed by atoms with van der Waals surface area (Å²) in [5.41, 5.74) is 0. The molecule has 5 heteroatoms. The standard InChI is InChI=1S/C8H4ClF2NO/c9-8-6(11)3-5(10)4-7(8)13-2-1-12/h3-4H,2H2. The van der Waals surface area contributed by atoms with E-state index in [2.05, 4.69) is 4.74 Å². The van der Waals surface area contributed by atoms with Crippen molar-refractivity contribution in [1.29, 1.82) is 5.26 Å². The van der Waals surface area contributed by atoms with Crippen molar-refractivity contribution in [3.8, 4) is 11.8 Å². The summed E-state index contributed by atoms with van der Waals surface area (Å²) >= 11 is 5.42. The number of benzene rings is 1. The van der Waals surface area contributed by atoms with Gasteiger partial charge in [-0.1, -0.05) is 11.6 Å². The third kappa shape index (κ3) is 2.30. The summed E-state index contributed by atoms with van der Waals surface area (Å²) in [5, 5.41) is 7.83. The van der Waals surface area contributed by atoms with Crippen LogP contribution in [0.3, 0.4) is 0 Å². The summed E-state index contributed by atoms with van der Waals surface area (Å²) in [6.45, 7) is -0.303. The third-order valence-corrected chi connectivity index (χ3v) is 1.62. The minimum absolute atomic E-state index is 0.166. The van der Waals surface area contributed by atoms with E-state index in [0.29, 0.717) is 6.07 Å². The van der Waals surface area contributed by atoms with Crippen LogP contribution in [0.2, 0.25) is 5.02 Å². The minimum atomic E-state index is -0.908. The van der Waals surface area contributed by atoms with Crippen molar-refractivity contribution in [3.05, 3.63) is 28.8 Å². The molecule has 2 nitrogen and oxygen atoms in total. The second-order valence-electron chi connectivity index (χ2n) is 2.15. The van der Waals surface area contributed by atoms with E-state index in [-0.39, 0.29) is 17.4 Å². The zero-order chi connectivity index (χ0) is 9.84. The van der Waals surface area contributed by atoms with Crippen LogP contribution in [0, 0.1) is 23.0 Å². The van der Waals surface area contributed by atoms with Gasteiger partial charge in [0.2, 0.25) is 0 Å². The van der Waals surface area contributed by atoms with Crippen LogP contribution in [0.1, 0.15) is 0 Å². The summed E-state index contributed by atoms with van der Waals surface area (Å²) in [4.78, 5) is 0. The monoisotopic (exact) mass is 203 g/mol. The van der Waals surface area contributed by atoms with Crippen molar-refractivity contribution >= 4 is 11.6 Å². The Balaban J connectivity index is 3.00. The number of hydrogen-bond donors (Lipinski definition) is 0. The average Bonchev–Trinajstić information content (AvgIpc) is 2.09. The van der Waals surface area contributed by atoms with Gasteiger partial charge in [0.15, 0.2) is 6.61 Å². The van der Waals surface area contributed by atoms with Gasteiger partial charge in [0.1, 0.15) is 28.5 Å². The van der Waals surface area contributed by atoms with Gasteiger partial charge in [-0.25, -0.2) is 8.78 Å². The van der Waals surface area contributed by atoms with E-state index >= 15 is 0 Å². The van der Waals surface area contributed by atoms with Gasteiger partial charge < -0.3 is 4.74 Å². The van der Waals surface area contributed by atoms with Crippen LogP contribution in [0.25, 0.3) is 0 Å². The first-order valence-corrected chi connectivity index (χ1v) is 3.67. The second kappa shape index (κ2) is 4.06. The molecule has 0 N–H and O–H groups in total. The first-order valence-electron chi connectivity index (χ1n) is 3.29. The molecule has 0 bridgehead atoms. The molecule has 0 amide bonds. The van der Waals surface area contributed by atoms with E-state index in [9.17, 15) is 8.78 Å². The number of halogens is 3. The van der Waals surface area contributed by atoms with E-state index in [1.165, 1.54) is 0 Å². The second-order valence-corrected chi connectivity index (χ2v) is 2.52. The van der Waals surface area contributed by atoms with Crippen molar-refractivity contribution in [2.24, 2.45) is 0 Å². The largest absolute Gasteiger partial charge is 0.477 e. The molecule has 1 aromatic carbocycles. The van der Waals surface area contributed by atoms with Gasteiger partial charge in [-0.05, 0) is 0 Å². The fourth-order valence-corrected chi connectivity index (χ4v) is 0.911. The lowest BCUT2D eigenvalue weighted by atomic mass is 10.3. The maximum atomic E-state index is 12.7. The molecule has 1 aromatic rings. The van der Waals surface area contributed by atoms with Gasteiger partial charge in [-0.2, -0.15) is 5.26 Å². The first kappa shape index (κ1) is 9.75. The summed E-state index contributed by atoms with van der Waals surface area (Å²) in [7, 11) is 0. The highest BCUT2D eigenvalue weighted by Crippen LogP contribution is 2.28. The van der Waals surface area contributed by atoms with Crippen LogP contribution >= 0.6 is 11.6 Å². The zero-order valence-electron chi connectivity index (χ0n) is 6.35. The molecule has 0 atom stereocenters. The SMILES string of the molecule is N#CCOc1cc(F)cc(F)c1Cl. The highest BCUT2D eigenvalue weighted by molar-refractivity contribution is 6.32. The van der Waals surface area contributed by atoms with Crippen LogP contribution in [-0.2, 0) is 0 Å². The Morgan fingerprint density at radius 1 is 1.46 bits per heavy atom. The highest BCUT2D eigenvalue weighted by Gasteiger charge is 2.09. The normalized spacial score (nSPS) is 9.38. The molecule has 0 aliphatic rings. The molecule has 0 heterocycles. The number of rotatable bonds is 2. The van der Waals surface area contributed by atoms with Gasteiger partial charge in [0.05, 0.1) is 0 Å². The molecule has 0 aliphatic carbocycles. The van der Waals surface area contributed by atoms with E-state index < -0.39 is 11.6 Å². The molecule has 68 valence electrons. The Kier molecular flexibility index (Phi) is 3.04. The van der Waals surface area contributed by atoms with Crippen molar-refractivity contribution in [2.75, 3.05) is 6.61 Å². The number of nitrogens with zero attached hydrogens (tertiary/aromatic N) is 1. The van der Waals surface area contributed by atoms with Gasteiger partial charge in [0, 0.05) is 12.1 Å². The maximum absolute atomic E-state index is 12.7. The van der Waals surface area contributed by atoms with Crippen LogP contribution in [0.4, 0.5) is 8.78 Å². The van der Waals surface area contributed by atoms with Crippen molar-refractivity contribution in [3.63, 3.8) is 0 Å². The molecule has 0 radical (unpaired) electrons. The lowest BCUT2D eigenvalue weighted by molar-refractivity contribution is 0.363. The number of nitriles is 1. The predicted octanol–water partition coefficient (Wildman–Crippen LogP) is 2.52. The Hall–Kier alpha value is -1.34. The lowest BCUT2D eigenvalue weighted by Crippen LogP contribution is -1.96. The van der Waals surface area contributed by atoms with Gasteiger partial charge in [-0.15, -0.1) is 0 Å². The smallest absolute Gasteiger partial charge is 0.174 e. The molecule has 0 aromatic heterocycles. The topological polar surface area (TPSA) is 33.0 Å². The molecular formula is C8H4ClF2NO. The van der Waals surface area contributed by atoms with Crippen LogP contribution in [0.15, 0.2) is 12.1 Å². The van der Waals surface area contributed by atoms with Gasteiger partial charge >= 0.3 is 0 Å². The molecule has 0 saturated carbocycles. The van der Waals surface area contributed by atoms with Crippen LogP contribution < -0.4 is 4.74 Å². The summed E-state index contributed by atoms with van der Waals surface area (Å²) in [5.74, 6) is -1.87. The molecule has 0 saturated heterocycles. The van der Waals surface area contributed by atoms with Gasteiger partial charge in [0.25, 0.3) is 0 Å². The van der Waals surface area contributed by atoms with Crippen molar-refractivity contribution in [1.82, 2.24) is 0 Å². The van der Waals surface area contributed by atoms with Crippen LogP contribution in [0.5, 0.6) is 5.75 Å². The van der Waals surface area contributed by atoms with Crippen molar-refractivity contribution in [2.45, 2.75) is 0 Å². The number of ether oxygens (including phenoxy) is 1. The molecule has 0 fully saturated rings. The summed E-state index contributed by atoms with van der Waals surface area (Å²) < 4.78 is 30.0. The molecular weight excluding hydrogens is 200 g/mol. The average molecular weight is 204 g/mol. The first-order chi connectivity index (χ1) is 6.15. The summed E-state index contributed by atoms with van der Waals surface area (Å²) in [6, 6.07) is 3.22. The fraction of sp³-hybridized carbons (Fsp3) is 0.125. The fourth-order valence-electron chi connectivity index (χ4n) is 0.747. The van der Waals surface area contributed by atoms with Gasteiger partial charge in [-0.3, -0.25) is 0 Å². The minimum Gasteiger partial charge on any atom is -0.477 e. The summed E-state index contributed by atoms with van der Waals surface area (Å²) in [6.07, 6.45) is 0. The van der Waals surface area contributed by atoms with Crippen molar-refractivity contribution < 1.29 is 13.5 Å². The third-order valence-electron chi connectivity index (χ3n) is 1.25. The molecule has 0 aliphatic heterocycles. The zero-order valence-corrected chi connectivity index (χ0v) is 7.11. The van der Waals surface area contributed by atoms with E-state index in [1.54, 1.807) is 6.07 Å².